The molecule has 32 heavy (non-hydrogen) atoms. The first-order chi connectivity index (χ1) is 15.5. The van der Waals surface area contributed by atoms with Crippen LogP contribution < -0.4 is 21.5 Å². The van der Waals surface area contributed by atoms with Gasteiger partial charge in [0.25, 0.3) is 11.5 Å². The van der Waals surface area contributed by atoms with Crippen LogP contribution in [0.2, 0.25) is 0 Å². The molecule has 0 bridgehead atoms. The summed E-state index contributed by atoms with van der Waals surface area (Å²) in [5, 5.41) is 22.7. The summed E-state index contributed by atoms with van der Waals surface area (Å²) >= 11 is 1.17. The second kappa shape index (κ2) is 9.48. The van der Waals surface area contributed by atoms with Crippen LogP contribution in [0.4, 0.5) is 5.95 Å². The van der Waals surface area contributed by atoms with E-state index in [1.54, 1.807) is 22.1 Å². The molecule has 1 amide bonds. The van der Waals surface area contributed by atoms with Gasteiger partial charge in [-0.1, -0.05) is 18.2 Å². The summed E-state index contributed by atoms with van der Waals surface area (Å²) in [6, 6.07) is 9.30. The summed E-state index contributed by atoms with van der Waals surface area (Å²) in [4.78, 5) is 32.9. The van der Waals surface area contributed by atoms with E-state index in [0.29, 0.717) is 40.4 Å². The number of nitrogens with one attached hydrogen (secondary N) is 1. The van der Waals surface area contributed by atoms with Gasteiger partial charge in [-0.25, -0.2) is 4.98 Å². The average molecular weight is 453 g/mol. The third kappa shape index (κ3) is 4.23. The lowest BCUT2D eigenvalue weighted by Crippen LogP contribution is -2.45. The van der Waals surface area contributed by atoms with E-state index < -0.39 is 0 Å². The zero-order valence-corrected chi connectivity index (χ0v) is 18.3. The van der Waals surface area contributed by atoms with Gasteiger partial charge in [0.2, 0.25) is 5.95 Å². The summed E-state index contributed by atoms with van der Waals surface area (Å²) in [6.45, 7) is 1.38. The minimum atomic E-state index is -0.383. The average Bonchev–Trinajstić information content (AvgIpc) is 3.24. The van der Waals surface area contributed by atoms with E-state index >= 15 is 0 Å². The number of aliphatic hydroxyl groups is 1. The molecule has 3 aromatic rings. The fraction of sp³-hybridized carbons (Fsp3) is 0.364. The van der Waals surface area contributed by atoms with Crippen molar-refractivity contribution >= 4 is 33.4 Å². The van der Waals surface area contributed by atoms with Gasteiger partial charge >= 0.3 is 0 Å². The van der Waals surface area contributed by atoms with Gasteiger partial charge in [0, 0.05) is 31.1 Å². The quantitative estimate of drug-likeness (QED) is 0.508. The van der Waals surface area contributed by atoms with Crippen LogP contribution in [0, 0.1) is 11.3 Å². The molecule has 1 aliphatic rings. The smallest absolute Gasteiger partial charge is 0.273 e. The van der Waals surface area contributed by atoms with Crippen LogP contribution >= 0.6 is 11.3 Å². The molecule has 1 aromatic carbocycles. The number of fused-ring (bicyclic) bond motifs is 1. The number of benzene rings is 1. The molecule has 3 heterocycles. The van der Waals surface area contributed by atoms with Crippen molar-refractivity contribution in [3.8, 4) is 6.07 Å². The highest BCUT2D eigenvalue weighted by Crippen LogP contribution is 2.26. The Morgan fingerprint density at radius 1 is 1.41 bits per heavy atom. The van der Waals surface area contributed by atoms with Crippen LogP contribution in [0.3, 0.4) is 0 Å². The first kappa shape index (κ1) is 22.0. The zero-order chi connectivity index (χ0) is 22.7. The van der Waals surface area contributed by atoms with E-state index in [1.165, 1.54) is 11.3 Å². The van der Waals surface area contributed by atoms with Gasteiger partial charge in [-0.3, -0.25) is 14.2 Å². The number of hydrogen-bond donors (Lipinski definition) is 3. The molecular weight excluding hydrogens is 428 g/mol. The van der Waals surface area contributed by atoms with Crippen molar-refractivity contribution in [2.24, 2.45) is 5.73 Å². The van der Waals surface area contributed by atoms with E-state index in [2.05, 4.69) is 11.4 Å². The lowest BCUT2D eigenvalue weighted by molar-refractivity contribution is 0.0946. The number of aliphatic hydroxyl groups excluding tert-OH is 1. The fourth-order valence-electron chi connectivity index (χ4n) is 3.93. The van der Waals surface area contributed by atoms with E-state index in [4.69, 9.17) is 15.8 Å². The molecule has 0 saturated carbocycles. The SMILES string of the molecule is N#Cc1ccccc1Cn1c(N2CCCC(N)C2)nc2c(C(=O)NCCO)csc2c1=O. The minimum absolute atomic E-state index is 0.0361. The number of piperidine rings is 1. The highest BCUT2D eigenvalue weighted by atomic mass is 32.1. The van der Waals surface area contributed by atoms with Crippen molar-refractivity contribution in [2.45, 2.75) is 25.4 Å². The third-order valence-corrected chi connectivity index (χ3v) is 6.46. The van der Waals surface area contributed by atoms with Crippen LogP contribution in [-0.2, 0) is 6.54 Å². The van der Waals surface area contributed by atoms with Crippen molar-refractivity contribution < 1.29 is 9.90 Å². The van der Waals surface area contributed by atoms with E-state index in [0.717, 1.165) is 18.4 Å². The molecule has 1 aliphatic heterocycles. The number of anilines is 1. The molecule has 4 N–H and O–H groups in total. The number of nitrogens with zero attached hydrogens (tertiary/aromatic N) is 4. The molecule has 10 heteroatoms. The van der Waals surface area contributed by atoms with Crippen molar-refractivity contribution in [3.05, 3.63) is 56.7 Å². The van der Waals surface area contributed by atoms with Gasteiger partial charge in [0.05, 0.1) is 30.3 Å². The van der Waals surface area contributed by atoms with Crippen molar-refractivity contribution in [1.82, 2.24) is 14.9 Å². The van der Waals surface area contributed by atoms with Crippen LogP contribution in [0.1, 0.15) is 34.3 Å². The highest BCUT2D eigenvalue weighted by molar-refractivity contribution is 7.17. The topological polar surface area (TPSA) is 137 Å². The summed E-state index contributed by atoms with van der Waals surface area (Å²) in [7, 11) is 0. The molecular formula is C22H24N6O3S. The minimum Gasteiger partial charge on any atom is -0.395 e. The number of carbonyl (C=O) groups is 1. The predicted molar refractivity (Wildman–Crippen MR) is 123 cm³/mol. The lowest BCUT2D eigenvalue weighted by Gasteiger charge is -2.33. The summed E-state index contributed by atoms with van der Waals surface area (Å²) in [5.41, 5.74) is 7.79. The monoisotopic (exact) mass is 452 g/mol. The first-order valence-corrected chi connectivity index (χ1v) is 11.3. The Labute approximate surface area is 188 Å². The number of hydrogen-bond acceptors (Lipinski definition) is 8. The van der Waals surface area contributed by atoms with Crippen molar-refractivity contribution in [3.63, 3.8) is 0 Å². The molecule has 0 spiro atoms. The third-order valence-electron chi connectivity index (χ3n) is 5.51. The number of aromatic nitrogens is 2. The van der Waals surface area contributed by atoms with Crippen LogP contribution in [0.25, 0.3) is 10.2 Å². The van der Waals surface area contributed by atoms with Gasteiger partial charge in [0.1, 0.15) is 10.2 Å². The van der Waals surface area contributed by atoms with E-state index in [-0.39, 0.29) is 37.2 Å². The maximum Gasteiger partial charge on any atom is 0.273 e. The van der Waals surface area contributed by atoms with Gasteiger partial charge in [-0.2, -0.15) is 5.26 Å². The summed E-state index contributed by atoms with van der Waals surface area (Å²) < 4.78 is 1.95. The van der Waals surface area contributed by atoms with E-state index in [9.17, 15) is 14.9 Å². The van der Waals surface area contributed by atoms with Gasteiger partial charge in [0.15, 0.2) is 0 Å². The maximum absolute atomic E-state index is 13.5. The largest absolute Gasteiger partial charge is 0.395 e. The van der Waals surface area contributed by atoms with Crippen LogP contribution in [0.15, 0.2) is 34.4 Å². The first-order valence-electron chi connectivity index (χ1n) is 10.4. The Morgan fingerprint density at radius 2 is 2.22 bits per heavy atom. The summed E-state index contributed by atoms with van der Waals surface area (Å²) in [5.74, 6) is 0.0612. The van der Waals surface area contributed by atoms with Crippen LogP contribution in [-0.4, -0.2) is 52.8 Å². The summed E-state index contributed by atoms with van der Waals surface area (Å²) in [6.07, 6.45) is 1.77. The second-order valence-corrected chi connectivity index (χ2v) is 8.61. The number of rotatable bonds is 6. The fourth-order valence-corrected chi connectivity index (χ4v) is 4.86. The Morgan fingerprint density at radius 3 is 2.97 bits per heavy atom. The Bertz CT molecular complexity index is 1240. The molecule has 1 fully saturated rings. The van der Waals surface area contributed by atoms with E-state index in [1.807, 2.05) is 17.0 Å². The number of carbonyl (C=O) groups excluding carboxylic acids is 1. The van der Waals surface area contributed by atoms with Gasteiger partial charge in [-0.15, -0.1) is 11.3 Å². The van der Waals surface area contributed by atoms with Gasteiger partial charge in [-0.05, 0) is 24.5 Å². The Hall–Kier alpha value is -3.26. The maximum atomic E-state index is 13.5. The molecule has 0 radical (unpaired) electrons. The van der Waals surface area contributed by atoms with Crippen molar-refractivity contribution in [2.75, 3.05) is 31.1 Å². The molecule has 166 valence electrons. The molecule has 2 aromatic heterocycles. The number of nitrogens with two attached hydrogens (primary N) is 1. The Kier molecular flexibility index (Phi) is 6.50. The molecule has 1 saturated heterocycles. The number of amides is 1. The predicted octanol–water partition coefficient (Wildman–Crippen LogP) is 1.03. The highest BCUT2D eigenvalue weighted by Gasteiger charge is 2.25. The second-order valence-electron chi connectivity index (χ2n) is 7.73. The lowest BCUT2D eigenvalue weighted by atomic mass is 10.1. The van der Waals surface area contributed by atoms with Crippen molar-refractivity contribution in [1.29, 1.82) is 5.26 Å². The van der Waals surface area contributed by atoms with Gasteiger partial charge < -0.3 is 21.1 Å². The molecule has 9 nitrogen and oxygen atoms in total. The number of thiophene rings is 1. The molecule has 4 rings (SSSR count). The zero-order valence-electron chi connectivity index (χ0n) is 17.5. The van der Waals surface area contributed by atoms with Crippen LogP contribution in [0.5, 0.6) is 0 Å². The molecule has 1 unspecified atom stereocenters. The number of nitriles is 1. The molecule has 1 atom stereocenters. The Balaban J connectivity index is 1.87. The normalized spacial score (nSPS) is 16.2. The molecule has 0 aliphatic carbocycles. The standard InChI is InChI=1S/C22H24N6O3S/c23-10-14-4-1-2-5-15(14)11-28-21(31)19-18(17(13-32-19)20(30)25-7-9-29)26-22(28)27-8-3-6-16(24)12-27/h1-2,4-5,13,16,29H,3,6-9,11-12,24H2,(H,25,30).